The zero-order valence-corrected chi connectivity index (χ0v) is 10.6. The minimum absolute atomic E-state index is 0.149. The van der Waals surface area contributed by atoms with Crippen LogP contribution in [0.5, 0.6) is 0 Å². The number of rotatable bonds is 4. The van der Waals surface area contributed by atoms with Crippen LogP contribution in [0.25, 0.3) is 0 Å². The fraction of sp³-hybridized carbons (Fsp3) is 0.182. The number of nitrogens with one attached hydrogen (secondary N) is 2. The summed E-state index contributed by atoms with van der Waals surface area (Å²) < 4.78 is 5.01. The average molecular weight is 275 g/mol. The van der Waals surface area contributed by atoms with Crippen LogP contribution in [0.4, 0.5) is 5.82 Å². The Bertz CT molecular complexity index is 652. The summed E-state index contributed by atoms with van der Waals surface area (Å²) in [5.74, 6) is -0.0450. The third-order valence-corrected chi connectivity index (χ3v) is 2.50. The lowest BCUT2D eigenvalue weighted by Gasteiger charge is -2.09. The lowest BCUT2D eigenvalue weighted by atomic mass is 10.2. The van der Waals surface area contributed by atoms with Crippen LogP contribution >= 0.6 is 0 Å². The van der Waals surface area contributed by atoms with E-state index >= 15 is 0 Å². The molecule has 2 aromatic heterocycles. The fourth-order valence-corrected chi connectivity index (χ4v) is 1.46. The Kier molecular flexibility index (Phi) is 3.60. The van der Waals surface area contributed by atoms with Gasteiger partial charge in [0, 0.05) is 12.1 Å². The third kappa shape index (κ3) is 2.88. The van der Waals surface area contributed by atoms with Gasteiger partial charge in [-0.2, -0.15) is 0 Å². The molecule has 0 aromatic carbocycles. The van der Waals surface area contributed by atoms with Crippen molar-refractivity contribution in [3.05, 3.63) is 35.6 Å². The summed E-state index contributed by atoms with van der Waals surface area (Å²) in [7, 11) is 0. The summed E-state index contributed by atoms with van der Waals surface area (Å²) in [4.78, 5) is 19.5. The number of nitrogens with zero attached hydrogens (tertiary/aromatic N) is 3. The smallest absolute Gasteiger partial charge is 0.270 e. The molecule has 0 unspecified atom stereocenters. The van der Waals surface area contributed by atoms with Gasteiger partial charge in [0.25, 0.3) is 5.91 Å². The summed E-state index contributed by atoms with van der Waals surface area (Å²) >= 11 is 0. The van der Waals surface area contributed by atoms with Crippen molar-refractivity contribution in [2.75, 3.05) is 5.73 Å². The van der Waals surface area contributed by atoms with E-state index in [2.05, 4.69) is 20.4 Å². The summed E-state index contributed by atoms with van der Waals surface area (Å²) in [6.45, 7) is 1.70. The maximum absolute atomic E-state index is 11.9. The van der Waals surface area contributed by atoms with E-state index in [0.29, 0.717) is 5.76 Å². The number of amides is 1. The van der Waals surface area contributed by atoms with Crippen LogP contribution in [0.1, 0.15) is 34.9 Å². The molecule has 104 valence electrons. The lowest BCUT2D eigenvalue weighted by Crippen LogP contribution is -2.27. The van der Waals surface area contributed by atoms with E-state index in [1.807, 2.05) is 0 Å². The standard InChI is InChI=1S/C11H13N7O2/c1-5(8-2-6(10(13)14)18-20-8)17-11(19)7-3-9(12)16-4-15-7/h2-5H,1H3,(H3,13,14)(H,17,19)(H2,12,15,16)/t5-/m1/s1. The van der Waals surface area contributed by atoms with Gasteiger partial charge >= 0.3 is 0 Å². The fourth-order valence-electron chi connectivity index (χ4n) is 1.46. The van der Waals surface area contributed by atoms with E-state index in [0.717, 1.165) is 0 Å². The van der Waals surface area contributed by atoms with E-state index in [1.165, 1.54) is 18.5 Å². The number of hydrogen-bond donors (Lipinski definition) is 4. The highest BCUT2D eigenvalue weighted by Crippen LogP contribution is 2.14. The van der Waals surface area contributed by atoms with Gasteiger partial charge in [-0.05, 0) is 6.92 Å². The lowest BCUT2D eigenvalue weighted by molar-refractivity contribution is 0.0928. The van der Waals surface area contributed by atoms with Crippen LogP contribution in [-0.4, -0.2) is 26.9 Å². The van der Waals surface area contributed by atoms with Crippen LogP contribution in [0, 0.1) is 5.41 Å². The molecule has 2 rings (SSSR count). The summed E-state index contributed by atoms with van der Waals surface area (Å²) in [5, 5.41) is 13.5. The number of carbonyl (C=O) groups excluding carboxylic acids is 1. The van der Waals surface area contributed by atoms with Gasteiger partial charge in [0.15, 0.2) is 5.76 Å². The molecule has 0 fully saturated rings. The molecule has 0 bridgehead atoms. The van der Waals surface area contributed by atoms with E-state index < -0.39 is 11.9 Å². The van der Waals surface area contributed by atoms with Gasteiger partial charge in [0.2, 0.25) is 0 Å². The average Bonchev–Trinajstić information content (AvgIpc) is 2.88. The van der Waals surface area contributed by atoms with Crippen molar-refractivity contribution in [1.29, 1.82) is 5.41 Å². The SMILES string of the molecule is C[C@@H](NC(=O)c1cc(N)ncn1)c1cc(C(=N)N)no1. The number of nitrogen functional groups attached to an aromatic ring is 2. The van der Waals surface area contributed by atoms with E-state index in [-0.39, 0.29) is 23.0 Å². The number of amidine groups is 1. The molecule has 0 aliphatic heterocycles. The molecule has 2 heterocycles. The van der Waals surface area contributed by atoms with Gasteiger partial charge in [-0.25, -0.2) is 9.97 Å². The van der Waals surface area contributed by atoms with Crippen LogP contribution in [0.3, 0.4) is 0 Å². The predicted molar refractivity (Wildman–Crippen MR) is 69.8 cm³/mol. The molecule has 0 aliphatic rings. The zero-order chi connectivity index (χ0) is 14.7. The topological polar surface area (TPSA) is 157 Å². The van der Waals surface area contributed by atoms with E-state index in [4.69, 9.17) is 21.4 Å². The van der Waals surface area contributed by atoms with E-state index in [1.54, 1.807) is 6.92 Å². The Morgan fingerprint density at radius 1 is 1.40 bits per heavy atom. The largest absolute Gasteiger partial charge is 0.384 e. The van der Waals surface area contributed by atoms with Crippen molar-refractivity contribution in [1.82, 2.24) is 20.4 Å². The van der Waals surface area contributed by atoms with Crippen molar-refractivity contribution in [3.8, 4) is 0 Å². The van der Waals surface area contributed by atoms with E-state index in [9.17, 15) is 4.79 Å². The first-order valence-corrected chi connectivity index (χ1v) is 5.66. The highest BCUT2D eigenvalue weighted by Gasteiger charge is 2.17. The van der Waals surface area contributed by atoms with Crippen molar-refractivity contribution in [2.45, 2.75) is 13.0 Å². The molecule has 0 spiro atoms. The molecule has 1 amide bonds. The maximum atomic E-state index is 11.9. The van der Waals surface area contributed by atoms with Crippen molar-refractivity contribution >= 4 is 17.6 Å². The molecule has 6 N–H and O–H groups in total. The van der Waals surface area contributed by atoms with Crippen LogP contribution in [0.15, 0.2) is 23.0 Å². The van der Waals surface area contributed by atoms with Gasteiger partial charge in [-0.3, -0.25) is 10.2 Å². The zero-order valence-electron chi connectivity index (χ0n) is 10.6. The normalized spacial score (nSPS) is 11.8. The van der Waals surface area contributed by atoms with Crippen LogP contribution < -0.4 is 16.8 Å². The van der Waals surface area contributed by atoms with Crippen LogP contribution in [-0.2, 0) is 0 Å². The Morgan fingerprint density at radius 3 is 2.75 bits per heavy atom. The van der Waals surface area contributed by atoms with Crippen molar-refractivity contribution < 1.29 is 9.32 Å². The van der Waals surface area contributed by atoms with Gasteiger partial charge in [0.1, 0.15) is 29.4 Å². The molecule has 9 nitrogen and oxygen atoms in total. The first-order chi connectivity index (χ1) is 9.47. The number of carbonyl (C=O) groups is 1. The quantitative estimate of drug-likeness (QED) is 0.445. The Labute approximate surface area is 113 Å². The summed E-state index contributed by atoms with van der Waals surface area (Å²) in [6.07, 6.45) is 1.21. The molecule has 20 heavy (non-hydrogen) atoms. The monoisotopic (exact) mass is 275 g/mol. The Morgan fingerprint density at radius 2 is 2.15 bits per heavy atom. The molecule has 0 radical (unpaired) electrons. The highest BCUT2D eigenvalue weighted by atomic mass is 16.5. The van der Waals surface area contributed by atoms with Gasteiger partial charge in [-0.15, -0.1) is 0 Å². The molecule has 0 aliphatic carbocycles. The van der Waals surface area contributed by atoms with Gasteiger partial charge < -0.3 is 21.3 Å². The molecule has 0 saturated carbocycles. The van der Waals surface area contributed by atoms with Gasteiger partial charge in [-0.1, -0.05) is 5.16 Å². The second-order valence-electron chi connectivity index (χ2n) is 4.05. The Hall–Kier alpha value is -2.97. The molecular formula is C11H13N7O2. The minimum atomic E-state index is -0.459. The second-order valence-corrected chi connectivity index (χ2v) is 4.05. The molecule has 0 saturated heterocycles. The molecule has 9 heteroatoms. The highest BCUT2D eigenvalue weighted by molar-refractivity contribution is 5.93. The third-order valence-electron chi connectivity index (χ3n) is 2.50. The first kappa shape index (κ1) is 13.5. The molecular weight excluding hydrogens is 262 g/mol. The first-order valence-electron chi connectivity index (χ1n) is 5.66. The number of nitrogens with two attached hydrogens (primary N) is 2. The number of hydrogen-bond acceptors (Lipinski definition) is 7. The minimum Gasteiger partial charge on any atom is -0.384 e. The summed E-state index contributed by atoms with van der Waals surface area (Å²) in [6, 6.07) is 2.39. The van der Waals surface area contributed by atoms with Crippen LogP contribution in [0.2, 0.25) is 0 Å². The predicted octanol–water partition coefficient (Wildman–Crippen LogP) is -0.178. The van der Waals surface area contributed by atoms with Crippen molar-refractivity contribution in [2.24, 2.45) is 5.73 Å². The summed E-state index contributed by atoms with van der Waals surface area (Å²) in [5.41, 5.74) is 11.1. The van der Waals surface area contributed by atoms with Gasteiger partial charge in [0.05, 0.1) is 6.04 Å². The number of aromatic nitrogens is 3. The molecule has 2 aromatic rings. The second kappa shape index (κ2) is 5.34. The maximum Gasteiger partial charge on any atom is 0.270 e. The van der Waals surface area contributed by atoms with Crippen molar-refractivity contribution in [3.63, 3.8) is 0 Å². The molecule has 1 atom stereocenters. The Balaban J connectivity index is 2.08. The number of anilines is 1.